The number of hydrogen-bond acceptors (Lipinski definition) is 3. The third-order valence-electron chi connectivity index (χ3n) is 3.46. The van der Waals surface area contributed by atoms with Crippen LogP contribution >= 0.6 is 15.9 Å². The summed E-state index contributed by atoms with van der Waals surface area (Å²) in [5, 5.41) is 5.58. The number of benzene rings is 1. The Bertz CT molecular complexity index is 653. The van der Waals surface area contributed by atoms with Crippen LogP contribution in [0.3, 0.4) is 0 Å². The molecule has 0 aromatic heterocycles. The van der Waals surface area contributed by atoms with Gasteiger partial charge >= 0.3 is 12.0 Å². The van der Waals surface area contributed by atoms with Crippen LogP contribution < -0.4 is 10.6 Å². The molecule has 2 rings (SSSR count). The van der Waals surface area contributed by atoms with Gasteiger partial charge in [-0.15, -0.1) is 0 Å². The minimum atomic E-state index is -0.553. The van der Waals surface area contributed by atoms with E-state index >= 15 is 0 Å². The van der Waals surface area contributed by atoms with Crippen LogP contribution in [0.4, 0.5) is 4.79 Å². The highest BCUT2D eigenvalue weighted by atomic mass is 79.9. The summed E-state index contributed by atoms with van der Waals surface area (Å²) in [7, 11) is 0. The summed E-state index contributed by atoms with van der Waals surface area (Å²) in [5.41, 5.74) is 1.86. The van der Waals surface area contributed by atoms with Crippen molar-refractivity contribution in [2.45, 2.75) is 39.8 Å². The van der Waals surface area contributed by atoms with Gasteiger partial charge in [0, 0.05) is 10.2 Å². The molecule has 1 unspecified atom stereocenters. The van der Waals surface area contributed by atoms with Crippen molar-refractivity contribution < 1.29 is 14.3 Å². The number of rotatable bonds is 4. The van der Waals surface area contributed by atoms with Gasteiger partial charge in [-0.2, -0.15) is 0 Å². The molecule has 1 aromatic carbocycles. The van der Waals surface area contributed by atoms with Crippen LogP contribution in [0.15, 0.2) is 40.0 Å². The number of allylic oxidation sites excluding steroid dienone is 1. The summed E-state index contributed by atoms with van der Waals surface area (Å²) < 4.78 is 6.22. The van der Waals surface area contributed by atoms with E-state index < -0.39 is 12.0 Å². The smallest absolute Gasteiger partial charge is 0.338 e. The maximum Gasteiger partial charge on any atom is 0.338 e. The molecule has 2 amide bonds. The number of carbonyl (C=O) groups excluding carboxylic acids is 2. The molecule has 0 spiro atoms. The Kier molecular flexibility index (Phi) is 5.46. The molecule has 0 radical (unpaired) electrons. The molecule has 5 nitrogen and oxygen atoms in total. The molecule has 0 saturated carbocycles. The molecule has 1 aromatic rings. The number of amides is 2. The molecule has 1 atom stereocenters. The first-order chi connectivity index (χ1) is 10.8. The topological polar surface area (TPSA) is 67.4 Å². The minimum absolute atomic E-state index is 0.0132. The molecule has 0 bridgehead atoms. The third-order valence-corrected chi connectivity index (χ3v) is 4.18. The van der Waals surface area contributed by atoms with Crippen molar-refractivity contribution in [3.8, 4) is 0 Å². The van der Waals surface area contributed by atoms with Gasteiger partial charge in [-0.25, -0.2) is 9.59 Å². The van der Waals surface area contributed by atoms with E-state index in [2.05, 4.69) is 26.6 Å². The molecule has 1 heterocycles. The highest BCUT2D eigenvalue weighted by molar-refractivity contribution is 9.10. The monoisotopic (exact) mass is 380 g/mol. The lowest BCUT2D eigenvalue weighted by Crippen LogP contribution is -2.47. The molecule has 23 heavy (non-hydrogen) atoms. The summed E-state index contributed by atoms with van der Waals surface area (Å²) >= 11 is 3.49. The van der Waals surface area contributed by atoms with Crippen molar-refractivity contribution in [1.29, 1.82) is 0 Å². The first-order valence-corrected chi connectivity index (χ1v) is 8.37. The van der Waals surface area contributed by atoms with Crippen molar-refractivity contribution >= 4 is 27.9 Å². The van der Waals surface area contributed by atoms with Crippen LogP contribution in [-0.4, -0.2) is 18.1 Å². The second kappa shape index (κ2) is 7.17. The summed E-state index contributed by atoms with van der Waals surface area (Å²) in [6, 6.07) is 6.63. The van der Waals surface area contributed by atoms with E-state index in [0.29, 0.717) is 11.3 Å². The highest BCUT2D eigenvalue weighted by Gasteiger charge is 2.35. The number of halogens is 1. The second-order valence-electron chi connectivity index (χ2n) is 5.99. The van der Waals surface area contributed by atoms with Gasteiger partial charge in [-0.3, -0.25) is 0 Å². The van der Waals surface area contributed by atoms with Gasteiger partial charge in [0.05, 0.1) is 17.7 Å². The van der Waals surface area contributed by atoms with Crippen molar-refractivity contribution in [2.24, 2.45) is 5.92 Å². The Morgan fingerprint density at radius 1 is 1.22 bits per heavy atom. The summed E-state index contributed by atoms with van der Waals surface area (Å²) in [6.45, 7) is 7.47. The molecule has 6 heteroatoms. The van der Waals surface area contributed by atoms with E-state index in [9.17, 15) is 9.59 Å². The molecule has 0 saturated heterocycles. The van der Waals surface area contributed by atoms with Crippen molar-refractivity contribution in [3.63, 3.8) is 0 Å². The predicted molar refractivity (Wildman–Crippen MR) is 91.6 cm³/mol. The predicted octanol–water partition coefficient (Wildman–Crippen LogP) is 3.66. The average Bonchev–Trinajstić information content (AvgIpc) is 2.45. The van der Waals surface area contributed by atoms with Gasteiger partial charge in [0.2, 0.25) is 0 Å². The molecular formula is C17H21BrN2O3. The fraction of sp³-hybridized carbons (Fsp3) is 0.412. The maximum atomic E-state index is 12.6. The standard InChI is InChI=1S/C17H21BrN2O3/c1-9(2)14-13(16(21)23-10(3)4)15(20-17(22)19-14)11-7-5-6-8-12(11)18/h5-10,15H,1-4H3,(H2,19,20,22). The number of nitrogens with one attached hydrogen (secondary N) is 2. The number of hydrogen-bond donors (Lipinski definition) is 2. The lowest BCUT2D eigenvalue weighted by Gasteiger charge is -2.31. The lowest BCUT2D eigenvalue weighted by molar-refractivity contribution is -0.143. The second-order valence-corrected chi connectivity index (χ2v) is 6.84. The van der Waals surface area contributed by atoms with E-state index in [1.807, 2.05) is 38.1 Å². The first-order valence-electron chi connectivity index (χ1n) is 7.58. The van der Waals surface area contributed by atoms with Gasteiger partial charge in [0.15, 0.2) is 0 Å². The van der Waals surface area contributed by atoms with E-state index in [0.717, 1.165) is 10.0 Å². The molecule has 124 valence electrons. The summed E-state index contributed by atoms with van der Waals surface area (Å²) in [6.07, 6.45) is -0.235. The Balaban J connectivity index is 2.57. The number of ether oxygens (including phenoxy) is 1. The van der Waals surface area contributed by atoms with E-state index in [4.69, 9.17) is 4.74 Å². The molecule has 1 aliphatic heterocycles. The molecular weight excluding hydrogens is 360 g/mol. The number of urea groups is 1. The molecule has 1 aliphatic rings. The molecule has 0 aliphatic carbocycles. The highest BCUT2D eigenvalue weighted by Crippen LogP contribution is 2.34. The van der Waals surface area contributed by atoms with E-state index in [1.165, 1.54) is 0 Å². The third kappa shape index (κ3) is 3.93. The zero-order chi connectivity index (χ0) is 17.1. The van der Waals surface area contributed by atoms with Crippen LogP contribution in [0.25, 0.3) is 0 Å². The minimum Gasteiger partial charge on any atom is -0.459 e. The fourth-order valence-electron chi connectivity index (χ4n) is 2.49. The van der Waals surface area contributed by atoms with Gasteiger partial charge in [0.1, 0.15) is 0 Å². The number of esters is 1. The van der Waals surface area contributed by atoms with Crippen LogP contribution in [0.2, 0.25) is 0 Å². The quantitative estimate of drug-likeness (QED) is 0.783. The van der Waals surface area contributed by atoms with Gasteiger partial charge in [-0.1, -0.05) is 48.0 Å². The summed E-state index contributed by atoms with van der Waals surface area (Å²) in [4.78, 5) is 24.7. The normalized spacial score (nSPS) is 18.0. The van der Waals surface area contributed by atoms with Crippen molar-refractivity contribution in [2.75, 3.05) is 0 Å². The zero-order valence-electron chi connectivity index (χ0n) is 13.6. The molecule has 0 fully saturated rings. The number of carbonyl (C=O) groups is 2. The van der Waals surface area contributed by atoms with Gasteiger partial charge < -0.3 is 15.4 Å². The molecule has 2 N–H and O–H groups in total. The fourth-order valence-corrected chi connectivity index (χ4v) is 3.00. The lowest BCUT2D eigenvalue weighted by atomic mass is 9.91. The maximum absolute atomic E-state index is 12.6. The van der Waals surface area contributed by atoms with Gasteiger partial charge in [0.25, 0.3) is 0 Å². The van der Waals surface area contributed by atoms with E-state index in [-0.39, 0.29) is 18.1 Å². The Labute approximate surface area is 144 Å². The van der Waals surface area contributed by atoms with E-state index in [1.54, 1.807) is 13.8 Å². The zero-order valence-corrected chi connectivity index (χ0v) is 15.2. The Morgan fingerprint density at radius 2 is 1.87 bits per heavy atom. The SMILES string of the molecule is CC(C)OC(=O)C1=C(C(C)C)NC(=O)NC1c1ccccc1Br. The van der Waals surface area contributed by atoms with Crippen LogP contribution in [0.5, 0.6) is 0 Å². The Morgan fingerprint density at radius 3 is 2.43 bits per heavy atom. The van der Waals surface area contributed by atoms with Crippen LogP contribution in [0, 0.1) is 5.92 Å². The largest absolute Gasteiger partial charge is 0.459 e. The average molecular weight is 381 g/mol. The van der Waals surface area contributed by atoms with Crippen molar-refractivity contribution in [1.82, 2.24) is 10.6 Å². The Hall–Kier alpha value is -1.82. The van der Waals surface area contributed by atoms with Crippen LogP contribution in [-0.2, 0) is 9.53 Å². The first kappa shape index (κ1) is 17.5. The van der Waals surface area contributed by atoms with Crippen LogP contribution in [0.1, 0.15) is 39.3 Å². The van der Waals surface area contributed by atoms with Crippen molar-refractivity contribution in [3.05, 3.63) is 45.6 Å². The van der Waals surface area contributed by atoms with Gasteiger partial charge in [-0.05, 0) is 31.4 Å². The summed E-state index contributed by atoms with van der Waals surface area (Å²) in [5.74, 6) is -0.433.